The van der Waals surface area contributed by atoms with E-state index in [1.807, 2.05) is 25.6 Å². The zero-order valence-corrected chi connectivity index (χ0v) is 25.8. The van der Waals surface area contributed by atoms with Gasteiger partial charge in [-0.15, -0.1) is 0 Å². The monoisotopic (exact) mass is 549 g/mol. The average molecular weight is 550 g/mol. The molecule has 7 heteroatoms. The molecule has 4 atom stereocenters. The van der Waals surface area contributed by atoms with Crippen molar-refractivity contribution in [2.75, 3.05) is 19.0 Å². The number of thioether (sulfide) groups is 1. The molecule has 0 spiro atoms. The molecule has 5 nitrogen and oxygen atoms in total. The first-order valence-electron chi connectivity index (χ1n) is 15.0. The molecule has 0 saturated carbocycles. The SMILES string of the molecule is CCCCCCCCCCCSC(CCCCCCCCC)C(C)OCC(OCCC)([PH+]=O)C(=O)O. The third-order valence-electron chi connectivity index (χ3n) is 6.81. The quantitative estimate of drug-likeness (QED) is 0.0774. The van der Waals surface area contributed by atoms with Gasteiger partial charge in [-0.05, 0) is 31.9 Å². The lowest BCUT2D eigenvalue weighted by Crippen LogP contribution is -2.43. The molecule has 0 aromatic rings. The summed E-state index contributed by atoms with van der Waals surface area (Å²) in [5.74, 6) is -0.0906. The highest BCUT2D eigenvalue weighted by Crippen LogP contribution is 2.30. The second kappa shape index (κ2) is 25.1. The maximum absolute atomic E-state index is 11.8. The number of carboxylic acid groups (broad SMARTS) is 1. The Labute approximate surface area is 228 Å². The molecule has 0 aliphatic heterocycles. The van der Waals surface area contributed by atoms with Crippen LogP contribution in [0.5, 0.6) is 0 Å². The van der Waals surface area contributed by atoms with Gasteiger partial charge >= 0.3 is 19.8 Å². The van der Waals surface area contributed by atoms with E-state index in [-0.39, 0.29) is 19.3 Å². The van der Waals surface area contributed by atoms with Gasteiger partial charge in [0.1, 0.15) is 6.61 Å². The highest BCUT2D eigenvalue weighted by molar-refractivity contribution is 7.99. The van der Waals surface area contributed by atoms with Crippen molar-refractivity contribution in [3.63, 3.8) is 0 Å². The van der Waals surface area contributed by atoms with E-state index < -0.39 is 19.8 Å². The Bertz CT molecular complexity index is 522. The molecular weight excluding hydrogens is 491 g/mol. The molecule has 0 fully saturated rings. The minimum absolute atomic E-state index is 0.103. The molecule has 0 heterocycles. The second-order valence-corrected chi connectivity index (χ2v) is 12.6. The van der Waals surface area contributed by atoms with Crippen molar-refractivity contribution in [3.05, 3.63) is 0 Å². The van der Waals surface area contributed by atoms with E-state index in [0.29, 0.717) is 11.7 Å². The molecule has 0 radical (unpaired) electrons. The van der Waals surface area contributed by atoms with Gasteiger partial charge in [0.05, 0.1) is 12.7 Å². The number of aliphatic carboxylic acids is 1. The number of ether oxygens (including phenoxy) is 2. The molecule has 0 rings (SSSR count). The van der Waals surface area contributed by atoms with Crippen molar-refractivity contribution in [3.8, 4) is 0 Å². The van der Waals surface area contributed by atoms with Crippen molar-refractivity contribution in [1.29, 1.82) is 0 Å². The van der Waals surface area contributed by atoms with Crippen LogP contribution in [0, 0.1) is 0 Å². The summed E-state index contributed by atoms with van der Waals surface area (Å²) >= 11 is 1.97. The lowest BCUT2D eigenvalue weighted by atomic mass is 10.1. The third kappa shape index (κ3) is 18.2. The average Bonchev–Trinajstić information content (AvgIpc) is 2.88. The maximum Gasteiger partial charge on any atom is 0.390 e. The standard InChI is InChI=1S/C29H57O5PS/c1-5-8-10-12-14-15-17-19-21-24-36-27(22-20-18-16-13-11-9-6-2)26(4)33-25-29(35-32,28(30)31)34-23-7-3/h26-27H,5-25H2,1-4H3,(H,30,31)/p+1. The van der Waals surface area contributed by atoms with Gasteiger partial charge in [-0.2, -0.15) is 11.8 Å². The fourth-order valence-corrected chi connectivity index (χ4v) is 6.05. The van der Waals surface area contributed by atoms with Crippen LogP contribution in [0.4, 0.5) is 0 Å². The lowest BCUT2D eigenvalue weighted by Gasteiger charge is -2.26. The number of rotatable bonds is 28. The molecule has 0 amide bonds. The number of carboxylic acids is 1. The van der Waals surface area contributed by atoms with Gasteiger partial charge in [-0.1, -0.05) is 122 Å². The molecule has 1 N–H and O–H groups in total. The Hall–Kier alpha value is -0.160. The first kappa shape index (κ1) is 35.8. The normalized spacial score (nSPS) is 15.1. The van der Waals surface area contributed by atoms with Crippen molar-refractivity contribution in [2.45, 2.75) is 160 Å². The zero-order chi connectivity index (χ0) is 26.9. The molecule has 0 saturated heterocycles. The Morgan fingerprint density at radius 1 is 0.806 bits per heavy atom. The molecule has 0 aliphatic carbocycles. The van der Waals surface area contributed by atoms with E-state index in [2.05, 4.69) is 13.8 Å². The van der Waals surface area contributed by atoms with Crippen LogP contribution >= 0.6 is 20.2 Å². The van der Waals surface area contributed by atoms with Gasteiger partial charge in [0.25, 0.3) is 0 Å². The van der Waals surface area contributed by atoms with E-state index in [4.69, 9.17) is 9.47 Å². The summed E-state index contributed by atoms with van der Waals surface area (Å²) in [5, 5.41) is 8.23. The first-order valence-corrected chi connectivity index (χ1v) is 16.9. The molecule has 4 unspecified atom stereocenters. The fraction of sp³-hybridized carbons (Fsp3) is 0.966. The van der Waals surface area contributed by atoms with Crippen LogP contribution in [0.1, 0.15) is 143 Å². The van der Waals surface area contributed by atoms with Crippen molar-refractivity contribution < 1.29 is 23.9 Å². The Balaban J connectivity index is 4.60. The lowest BCUT2D eigenvalue weighted by molar-refractivity contribution is -0.162. The molecule has 0 aliphatic rings. The van der Waals surface area contributed by atoms with Crippen LogP contribution in [0.3, 0.4) is 0 Å². The summed E-state index contributed by atoms with van der Waals surface area (Å²) in [4.78, 5) is 11.8. The second-order valence-electron chi connectivity index (χ2n) is 10.2. The topological polar surface area (TPSA) is 72.8 Å². The minimum Gasteiger partial charge on any atom is -0.476 e. The molecule has 36 heavy (non-hydrogen) atoms. The number of unbranched alkanes of at least 4 members (excludes halogenated alkanes) is 14. The van der Waals surface area contributed by atoms with Gasteiger partial charge in [-0.3, -0.25) is 0 Å². The molecule has 214 valence electrons. The van der Waals surface area contributed by atoms with Crippen molar-refractivity contribution >= 4 is 26.2 Å². The van der Waals surface area contributed by atoms with Gasteiger partial charge in [-0.25, -0.2) is 4.79 Å². The van der Waals surface area contributed by atoms with Gasteiger partial charge in [0.15, 0.2) is 0 Å². The van der Waals surface area contributed by atoms with E-state index in [1.165, 1.54) is 103 Å². The number of hydrogen-bond acceptors (Lipinski definition) is 5. The highest BCUT2D eigenvalue weighted by atomic mass is 32.2. The number of hydrogen-bond donors (Lipinski definition) is 1. The van der Waals surface area contributed by atoms with E-state index >= 15 is 0 Å². The Kier molecular flexibility index (Phi) is 25.0. The van der Waals surface area contributed by atoms with E-state index in [0.717, 1.165) is 12.2 Å². The summed E-state index contributed by atoms with van der Waals surface area (Å²) in [6.07, 6.45) is 22.6. The summed E-state index contributed by atoms with van der Waals surface area (Å²) < 4.78 is 23.4. The highest BCUT2D eigenvalue weighted by Gasteiger charge is 2.50. The fourth-order valence-electron chi connectivity index (χ4n) is 4.30. The zero-order valence-electron chi connectivity index (χ0n) is 24.0. The molecule has 0 aromatic carbocycles. The first-order chi connectivity index (χ1) is 17.5. The molecular formula is C29H58O5PS+. The van der Waals surface area contributed by atoms with Crippen LogP contribution in [0.15, 0.2) is 0 Å². The third-order valence-corrected chi connectivity index (χ3v) is 9.21. The van der Waals surface area contributed by atoms with Crippen molar-refractivity contribution in [1.82, 2.24) is 0 Å². The largest absolute Gasteiger partial charge is 0.476 e. The summed E-state index contributed by atoms with van der Waals surface area (Å²) in [5.41, 5.74) is 0. The Morgan fingerprint density at radius 3 is 1.78 bits per heavy atom. The van der Waals surface area contributed by atoms with Crippen molar-refractivity contribution in [2.24, 2.45) is 0 Å². The Morgan fingerprint density at radius 2 is 1.31 bits per heavy atom. The van der Waals surface area contributed by atoms with Gasteiger partial charge < -0.3 is 14.6 Å². The van der Waals surface area contributed by atoms with Crippen LogP contribution in [0.2, 0.25) is 0 Å². The van der Waals surface area contributed by atoms with Crippen LogP contribution in [0.25, 0.3) is 0 Å². The summed E-state index contributed by atoms with van der Waals surface area (Å²) in [7, 11) is -1.10. The number of carbonyl (C=O) groups is 1. The van der Waals surface area contributed by atoms with Crippen LogP contribution < -0.4 is 0 Å². The van der Waals surface area contributed by atoms with E-state index in [9.17, 15) is 14.5 Å². The predicted molar refractivity (Wildman–Crippen MR) is 157 cm³/mol. The molecule has 0 aromatic heterocycles. The van der Waals surface area contributed by atoms with Gasteiger partial charge in [0, 0.05) is 5.25 Å². The van der Waals surface area contributed by atoms with Crippen LogP contribution in [-0.2, 0) is 18.8 Å². The smallest absolute Gasteiger partial charge is 0.390 e. The maximum atomic E-state index is 11.8. The summed E-state index contributed by atoms with van der Waals surface area (Å²) in [6.45, 7) is 8.54. The molecule has 0 bridgehead atoms. The summed E-state index contributed by atoms with van der Waals surface area (Å²) in [6, 6.07) is 0. The minimum atomic E-state index is -1.75. The van der Waals surface area contributed by atoms with E-state index in [1.54, 1.807) is 0 Å². The van der Waals surface area contributed by atoms with Crippen LogP contribution in [-0.4, -0.2) is 46.7 Å². The predicted octanol–water partition coefficient (Wildman–Crippen LogP) is 9.40. The van der Waals surface area contributed by atoms with Gasteiger partial charge in [0.2, 0.25) is 0 Å².